The number of carbonyl (C=O) groups is 2. The Morgan fingerprint density at radius 2 is 1.06 bits per heavy atom. The maximum atomic E-state index is 12.3. The fraction of sp³-hybridized carbons (Fsp3) is 0.744. The van der Waals surface area contributed by atoms with Gasteiger partial charge in [-0.1, -0.05) is 133 Å². The molecule has 0 aromatic rings. The van der Waals surface area contributed by atoms with E-state index in [2.05, 4.69) is 47.9 Å². The Labute approximate surface area is 297 Å². The minimum atomic E-state index is -4.77. The Kier molecular flexibility index (Phi) is 33.0. The zero-order valence-electron chi connectivity index (χ0n) is 30.7. The molecule has 0 aliphatic heterocycles. The summed E-state index contributed by atoms with van der Waals surface area (Å²) in [4.78, 5) is 42.7. The van der Waals surface area contributed by atoms with Crippen molar-refractivity contribution < 1.29 is 43.0 Å². The highest BCUT2D eigenvalue weighted by atomic mass is 31.2. The Hall–Kier alpha value is -2.03. The predicted molar refractivity (Wildman–Crippen MR) is 199 cm³/mol. The molecule has 49 heavy (non-hydrogen) atoms. The van der Waals surface area contributed by atoms with E-state index in [0.29, 0.717) is 19.3 Å². The van der Waals surface area contributed by atoms with Gasteiger partial charge >= 0.3 is 19.8 Å². The quantitative estimate of drug-likeness (QED) is 0.0257. The van der Waals surface area contributed by atoms with E-state index in [4.69, 9.17) is 19.3 Å². The molecule has 0 saturated carbocycles. The average Bonchev–Trinajstić information content (AvgIpc) is 3.05. The SMILES string of the molecule is CCCCCCCCCCCCCCCC(=O)OC[C@H](COP(=O)(O)O)OC(=O)CCC/C=C\C/C=C\C/C=C\C/C=C\CCC[C@H](C)O. The number of phosphoric acid groups is 1. The van der Waals surface area contributed by atoms with Crippen LogP contribution < -0.4 is 0 Å². The molecule has 0 aromatic carbocycles. The molecule has 0 saturated heterocycles. The maximum Gasteiger partial charge on any atom is 0.469 e. The molecule has 2 atom stereocenters. The molecule has 284 valence electrons. The molecule has 0 amide bonds. The van der Waals surface area contributed by atoms with Crippen LogP contribution in [-0.4, -0.2) is 52.3 Å². The number of phosphoric ester groups is 1. The first-order chi connectivity index (χ1) is 23.6. The lowest BCUT2D eigenvalue weighted by Gasteiger charge is -2.18. The molecule has 0 fully saturated rings. The Morgan fingerprint density at radius 3 is 1.55 bits per heavy atom. The molecule has 0 aliphatic rings. The van der Waals surface area contributed by atoms with Crippen LogP contribution in [0, 0.1) is 0 Å². The molecule has 10 heteroatoms. The molecule has 0 rings (SSSR count). The van der Waals surface area contributed by atoms with Gasteiger partial charge in [-0.2, -0.15) is 0 Å². The normalized spacial score (nSPS) is 13.7. The fourth-order valence-electron chi connectivity index (χ4n) is 5.03. The number of carbonyl (C=O) groups excluding carboxylic acids is 2. The van der Waals surface area contributed by atoms with E-state index < -0.39 is 32.5 Å². The number of aliphatic hydroxyl groups excluding tert-OH is 1. The first-order valence-corrected chi connectivity index (χ1v) is 20.5. The average molecular weight is 713 g/mol. The Balaban J connectivity index is 4.08. The van der Waals surface area contributed by atoms with Crippen LogP contribution in [0.25, 0.3) is 0 Å². The maximum absolute atomic E-state index is 12.3. The van der Waals surface area contributed by atoms with Crippen molar-refractivity contribution in [1.82, 2.24) is 0 Å². The third kappa shape index (κ3) is 38.6. The molecular formula is C39H69O9P. The highest BCUT2D eigenvalue weighted by Gasteiger charge is 2.22. The van der Waals surface area contributed by atoms with E-state index in [0.717, 1.165) is 51.4 Å². The summed E-state index contributed by atoms with van der Waals surface area (Å²) >= 11 is 0. The van der Waals surface area contributed by atoms with Crippen molar-refractivity contribution in [3.05, 3.63) is 48.6 Å². The number of aliphatic hydroxyl groups is 1. The van der Waals surface area contributed by atoms with E-state index in [1.54, 1.807) is 0 Å². The third-order valence-electron chi connectivity index (χ3n) is 7.87. The number of hydrogen-bond donors (Lipinski definition) is 3. The lowest BCUT2D eigenvalue weighted by atomic mass is 10.0. The van der Waals surface area contributed by atoms with Crippen LogP contribution in [0.3, 0.4) is 0 Å². The van der Waals surface area contributed by atoms with Crippen LogP contribution in [0.2, 0.25) is 0 Å². The van der Waals surface area contributed by atoms with Gasteiger partial charge in [-0.15, -0.1) is 0 Å². The highest BCUT2D eigenvalue weighted by molar-refractivity contribution is 7.46. The summed E-state index contributed by atoms with van der Waals surface area (Å²) in [5.41, 5.74) is 0. The molecule has 0 bridgehead atoms. The number of esters is 2. The van der Waals surface area contributed by atoms with Crippen LogP contribution in [0.4, 0.5) is 0 Å². The smallest absolute Gasteiger partial charge is 0.462 e. The number of hydrogen-bond acceptors (Lipinski definition) is 7. The summed E-state index contributed by atoms with van der Waals surface area (Å²) in [6.45, 7) is 3.18. The van der Waals surface area contributed by atoms with Crippen molar-refractivity contribution in [2.24, 2.45) is 0 Å². The molecule has 0 spiro atoms. The molecule has 0 aromatic heterocycles. The largest absolute Gasteiger partial charge is 0.469 e. The summed E-state index contributed by atoms with van der Waals surface area (Å²) in [5, 5.41) is 9.24. The third-order valence-corrected chi connectivity index (χ3v) is 8.35. The minimum absolute atomic E-state index is 0.124. The van der Waals surface area contributed by atoms with Gasteiger partial charge in [0.25, 0.3) is 0 Å². The first-order valence-electron chi connectivity index (χ1n) is 19.0. The van der Waals surface area contributed by atoms with Gasteiger partial charge in [0.1, 0.15) is 6.61 Å². The van der Waals surface area contributed by atoms with Gasteiger partial charge in [0.15, 0.2) is 6.10 Å². The molecule has 9 nitrogen and oxygen atoms in total. The van der Waals surface area contributed by atoms with E-state index in [-0.39, 0.29) is 25.6 Å². The second-order valence-electron chi connectivity index (χ2n) is 12.8. The Bertz CT molecular complexity index is 952. The van der Waals surface area contributed by atoms with Gasteiger partial charge in [-0.05, 0) is 64.7 Å². The first kappa shape index (κ1) is 47.0. The molecule has 3 N–H and O–H groups in total. The van der Waals surface area contributed by atoms with Crippen molar-refractivity contribution in [2.75, 3.05) is 13.2 Å². The summed E-state index contributed by atoms with van der Waals surface area (Å²) in [7, 11) is -4.77. The van der Waals surface area contributed by atoms with Gasteiger partial charge in [0.05, 0.1) is 12.7 Å². The summed E-state index contributed by atoms with van der Waals surface area (Å²) in [6.07, 6.45) is 38.2. The second-order valence-corrected chi connectivity index (χ2v) is 14.1. The predicted octanol–water partition coefficient (Wildman–Crippen LogP) is 10.1. The topological polar surface area (TPSA) is 140 Å². The minimum Gasteiger partial charge on any atom is -0.462 e. The van der Waals surface area contributed by atoms with Crippen molar-refractivity contribution >= 4 is 19.8 Å². The van der Waals surface area contributed by atoms with Gasteiger partial charge < -0.3 is 24.4 Å². The number of unbranched alkanes of at least 4 members (excludes halogenated alkanes) is 14. The van der Waals surface area contributed by atoms with Crippen LogP contribution >= 0.6 is 7.82 Å². The lowest BCUT2D eigenvalue weighted by Crippen LogP contribution is -2.29. The highest BCUT2D eigenvalue weighted by Crippen LogP contribution is 2.36. The summed E-state index contributed by atoms with van der Waals surface area (Å²) in [6, 6.07) is 0. The molecule has 0 unspecified atom stereocenters. The van der Waals surface area contributed by atoms with Crippen molar-refractivity contribution in [3.8, 4) is 0 Å². The van der Waals surface area contributed by atoms with Crippen LogP contribution in [0.5, 0.6) is 0 Å². The van der Waals surface area contributed by atoms with Gasteiger partial charge in [-0.3, -0.25) is 14.1 Å². The summed E-state index contributed by atoms with van der Waals surface area (Å²) < 4.78 is 26.2. The zero-order chi connectivity index (χ0) is 36.3. The van der Waals surface area contributed by atoms with Gasteiger partial charge in [0, 0.05) is 12.8 Å². The van der Waals surface area contributed by atoms with E-state index in [1.165, 1.54) is 64.2 Å². The fourth-order valence-corrected chi connectivity index (χ4v) is 5.39. The molecular weight excluding hydrogens is 643 g/mol. The number of rotatable bonds is 34. The van der Waals surface area contributed by atoms with Crippen LogP contribution in [0.1, 0.15) is 162 Å². The monoisotopic (exact) mass is 712 g/mol. The van der Waals surface area contributed by atoms with E-state index >= 15 is 0 Å². The van der Waals surface area contributed by atoms with Gasteiger partial charge in [-0.25, -0.2) is 4.57 Å². The van der Waals surface area contributed by atoms with E-state index in [1.807, 2.05) is 19.1 Å². The van der Waals surface area contributed by atoms with Crippen LogP contribution in [-0.2, 0) is 28.2 Å². The van der Waals surface area contributed by atoms with E-state index in [9.17, 15) is 19.3 Å². The van der Waals surface area contributed by atoms with Crippen LogP contribution in [0.15, 0.2) is 48.6 Å². The summed E-state index contributed by atoms with van der Waals surface area (Å²) in [5.74, 6) is -0.967. The molecule has 0 aliphatic carbocycles. The van der Waals surface area contributed by atoms with Gasteiger partial charge in [0.2, 0.25) is 0 Å². The van der Waals surface area contributed by atoms with Crippen molar-refractivity contribution in [1.29, 1.82) is 0 Å². The number of ether oxygens (including phenoxy) is 2. The Morgan fingerprint density at radius 1 is 0.612 bits per heavy atom. The van der Waals surface area contributed by atoms with Crippen molar-refractivity contribution in [2.45, 2.75) is 174 Å². The number of allylic oxidation sites excluding steroid dienone is 8. The van der Waals surface area contributed by atoms with Crippen molar-refractivity contribution in [3.63, 3.8) is 0 Å². The molecule has 0 heterocycles. The molecule has 0 radical (unpaired) electrons. The lowest BCUT2D eigenvalue weighted by molar-refractivity contribution is -0.161. The second kappa shape index (κ2) is 34.4. The zero-order valence-corrected chi connectivity index (χ0v) is 31.6. The standard InChI is InChI=1S/C39H69O9P/c1-3-4-5-6-7-8-9-13-17-20-23-26-29-32-38(41)46-34-37(35-47-49(43,44)45)48-39(42)33-30-27-24-21-18-15-12-10-11-14-16-19-22-25-28-31-36(2)40/h11-12,14-15,19,21-22,24,36-37,40H,3-10,13,16-18,20,23,25-35H2,1-2H3,(H2,43,44,45)/b14-11-,15-12-,22-19-,24-21-/t36-,37+/m0/s1.